The lowest BCUT2D eigenvalue weighted by atomic mass is 10.2. The zero-order chi connectivity index (χ0) is 19.8. The fourth-order valence-corrected chi connectivity index (χ4v) is 2.68. The number of aromatic hydroxyl groups is 2. The van der Waals surface area contributed by atoms with Crippen LogP contribution in [0.4, 0.5) is 25.0 Å². The van der Waals surface area contributed by atoms with Crippen molar-refractivity contribution in [2.45, 2.75) is 0 Å². The first-order valence-electron chi connectivity index (χ1n) is 7.80. The monoisotopic (exact) mass is 384 g/mol. The zero-order valence-corrected chi connectivity index (χ0v) is 13.8. The molecule has 0 bridgehead atoms. The molecule has 2 aromatic carbocycles. The minimum Gasteiger partial charge on any atom is -0.493 e. The number of carbonyl (C=O) groups is 1. The van der Waals surface area contributed by atoms with Crippen LogP contribution in [0.2, 0.25) is 0 Å². The Morgan fingerprint density at radius 2 is 1.21 bits per heavy atom. The van der Waals surface area contributed by atoms with E-state index in [0.717, 1.165) is 12.1 Å². The summed E-state index contributed by atoms with van der Waals surface area (Å²) in [6.45, 7) is 0. The van der Waals surface area contributed by atoms with E-state index in [4.69, 9.17) is 0 Å². The lowest BCUT2D eigenvalue weighted by Crippen LogP contribution is -1.79. The van der Waals surface area contributed by atoms with Gasteiger partial charge in [-0.2, -0.15) is 0 Å². The van der Waals surface area contributed by atoms with E-state index in [9.17, 15) is 23.8 Å². The van der Waals surface area contributed by atoms with Crippen molar-refractivity contribution in [3.05, 3.63) is 48.0 Å². The van der Waals surface area contributed by atoms with E-state index < -0.39 is 29.4 Å². The molecule has 4 aromatic rings. The molecule has 2 aromatic heterocycles. The number of benzene rings is 2. The molecule has 0 aliphatic rings. The third kappa shape index (κ3) is 3.05. The Morgan fingerprint density at radius 1 is 0.786 bits per heavy atom. The van der Waals surface area contributed by atoms with E-state index in [-0.39, 0.29) is 22.1 Å². The van der Waals surface area contributed by atoms with E-state index in [1.807, 2.05) is 0 Å². The molecule has 11 heteroatoms. The molecule has 0 aliphatic heterocycles. The summed E-state index contributed by atoms with van der Waals surface area (Å²) < 4.78 is 26.7. The minimum absolute atomic E-state index is 0.143. The summed E-state index contributed by atoms with van der Waals surface area (Å²) in [4.78, 5) is 16.9. The quantitative estimate of drug-likeness (QED) is 0.348. The largest absolute Gasteiger partial charge is 0.493 e. The average Bonchev–Trinajstić information content (AvgIpc) is 3.13. The number of H-pyrrole nitrogens is 2. The summed E-state index contributed by atoms with van der Waals surface area (Å²) in [5.41, 5.74) is 0.505. The summed E-state index contributed by atoms with van der Waals surface area (Å²) in [5.74, 6) is -1.93. The summed E-state index contributed by atoms with van der Waals surface area (Å²) in [7, 11) is 0. The summed E-state index contributed by atoms with van der Waals surface area (Å²) in [5, 5.41) is 33.8. The maximum Gasteiger partial charge on any atom is 0.404 e. The zero-order valence-electron chi connectivity index (χ0n) is 13.8. The number of aromatic amines is 2. The standard InChI is InChI=1S/C17H10F2N6O3/c18-7-1-3-11-9(5-7)13(15(26)20-11)22-24-17(28)25-23-14-10-6-8(19)2-4-12(10)21-16(14)27/h1-6,20-21,26-27H. The minimum atomic E-state index is -1.16. The Balaban J connectivity index is 1.62. The van der Waals surface area contributed by atoms with E-state index in [1.165, 1.54) is 24.3 Å². The van der Waals surface area contributed by atoms with Gasteiger partial charge in [-0.3, -0.25) is 0 Å². The predicted octanol–water partition coefficient (Wildman–Crippen LogP) is 5.33. The molecule has 0 fully saturated rings. The van der Waals surface area contributed by atoms with Crippen molar-refractivity contribution in [2.24, 2.45) is 20.5 Å². The van der Waals surface area contributed by atoms with E-state index >= 15 is 0 Å². The number of amides is 2. The van der Waals surface area contributed by atoms with Crippen LogP contribution in [0, 0.1) is 11.6 Å². The number of halogens is 2. The van der Waals surface area contributed by atoms with Gasteiger partial charge in [0, 0.05) is 10.8 Å². The van der Waals surface area contributed by atoms with Crippen molar-refractivity contribution < 1.29 is 23.8 Å². The average molecular weight is 384 g/mol. The van der Waals surface area contributed by atoms with Gasteiger partial charge in [0.15, 0.2) is 11.4 Å². The summed E-state index contributed by atoms with van der Waals surface area (Å²) in [6, 6.07) is 6.24. The number of nitrogens with one attached hydrogen (secondary N) is 2. The van der Waals surface area contributed by atoms with Gasteiger partial charge >= 0.3 is 6.03 Å². The molecule has 4 rings (SSSR count). The molecule has 0 spiro atoms. The molecule has 0 radical (unpaired) electrons. The molecular formula is C17H10F2N6O3. The molecule has 140 valence electrons. The Hall–Kier alpha value is -4.15. The van der Waals surface area contributed by atoms with Crippen LogP contribution in [0.15, 0.2) is 56.9 Å². The Kier molecular flexibility index (Phi) is 4.03. The predicted molar refractivity (Wildman–Crippen MR) is 94.3 cm³/mol. The van der Waals surface area contributed by atoms with Crippen LogP contribution in [0.1, 0.15) is 0 Å². The molecule has 0 unspecified atom stereocenters. The Morgan fingerprint density at radius 3 is 1.64 bits per heavy atom. The Labute approximate surface area is 154 Å². The molecular weight excluding hydrogens is 374 g/mol. The topological polar surface area (TPSA) is 139 Å². The third-order valence-electron chi connectivity index (χ3n) is 3.90. The summed E-state index contributed by atoms with van der Waals surface area (Å²) >= 11 is 0. The number of aromatic nitrogens is 2. The number of hydrogen-bond donors (Lipinski definition) is 4. The lowest BCUT2D eigenvalue weighted by Gasteiger charge is -1.92. The van der Waals surface area contributed by atoms with Gasteiger partial charge < -0.3 is 20.2 Å². The number of azo groups is 2. The van der Waals surface area contributed by atoms with Gasteiger partial charge in [0.2, 0.25) is 11.8 Å². The molecule has 2 heterocycles. The van der Waals surface area contributed by atoms with Gasteiger partial charge in [-0.25, -0.2) is 13.6 Å². The molecule has 9 nitrogen and oxygen atoms in total. The molecule has 4 N–H and O–H groups in total. The van der Waals surface area contributed by atoms with Gasteiger partial charge in [-0.15, -0.1) is 10.2 Å². The number of nitrogens with zero attached hydrogens (tertiary/aromatic N) is 4. The van der Waals surface area contributed by atoms with Gasteiger partial charge in [0.05, 0.1) is 11.0 Å². The highest BCUT2D eigenvalue weighted by atomic mass is 19.1. The fourth-order valence-electron chi connectivity index (χ4n) is 2.68. The normalized spacial score (nSPS) is 12.1. The van der Waals surface area contributed by atoms with E-state index in [1.54, 1.807) is 0 Å². The SMILES string of the molecule is O=C(N=Nc1c(O)[nH]c2ccc(F)cc12)N=Nc1c(O)[nH]c2ccc(F)cc12. The van der Waals surface area contributed by atoms with Crippen molar-refractivity contribution in [1.82, 2.24) is 9.97 Å². The number of urea groups is 1. The Bertz CT molecular complexity index is 1190. The molecule has 2 amide bonds. The van der Waals surface area contributed by atoms with Crippen molar-refractivity contribution in [3.63, 3.8) is 0 Å². The van der Waals surface area contributed by atoms with Gasteiger partial charge in [-0.1, -0.05) is 10.2 Å². The number of rotatable bonds is 2. The second kappa shape index (κ2) is 6.54. The van der Waals surface area contributed by atoms with Crippen molar-refractivity contribution in [1.29, 1.82) is 0 Å². The number of hydrogen-bond acceptors (Lipinski definition) is 5. The second-order valence-corrected chi connectivity index (χ2v) is 5.71. The summed E-state index contributed by atoms with van der Waals surface area (Å²) in [6.07, 6.45) is 0. The first kappa shape index (κ1) is 17.3. The highest BCUT2D eigenvalue weighted by Crippen LogP contribution is 2.37. The van der Waals surface area contributed by atoms with Crippen LogP contribution < -0.4 is 0 Å². The van der Waals surface area contributed by atoms with Gasteiger partial charge in [-0.05, 0) is 36.4 Å². The molecule has 0 saturated heterocycles. The maximum absolute atomic E-state index is 13.4. The van der Waals surface area contributed by atoms with E-state index in [2.05, 4.69) is 30.4 Å². The first-order valence-corrected chi connectivity index (χ1v) is 7.80. The highest BCUT2D eigenvalue weighted by molar-refractivity contribution is 5.95. The highest BCUT2D eigenvalue weighted by Gasteiger charge is 2.13. The molecule has 0 atom stereocenters. The van der Waals surface area contributed by atoms with Gasteiger partial charge in [0.1, 0.15) is 11.6 Å². The smallest absolute Gasteiger partial charge is 0.404 e. The van der Waals surface area contributed by atoms with Crippen LogP contribution in [-0.2, 0) is 0 Å². The van der Waals surface area contributed by atoms with Crippen LogP contribution in [0.3, 0.4) is 0 Å². The maximum atomic E-state index is 13.4. The van der Waals surface area contributed by atoms with Crippen molar-refractivity contribution in [3.8, 4) is 11.8 Å². The molecule has 28 heavy (non-hydrogen) atoms. The van der Waals surface area contributed by atoms with Crippen LogP contribution in [-0.4, -0.2) is 26.2 Å². The van der Waals surface area contributed by atoms with Crippen LogP contribution in [0.5, 0.6) is 11.8 Å². The lowest BCUT2D eigenvalue weighted by molar-refractivity contribution is 0.254. The van der Waals surface area contributed by atoms with Crippen LogP contribution >= 0.6 is 0 Å². The van der Waals surface area contributed by atoms with Crippen LogP contribution in [0.25, 0.3) is 21.8 Å². The van der Waals surface area contributed by atoms with Crippen molar-refractivity contribution in [2.75, 3.05) is 0 Å². The molecule has 0 aliphatic carbocycles. The second-order valence-electron chi connectivity index (χ2n) is 5.71. The molecule has 0 saturated carbocycles. The number of fused-ring (bicyclic) bond motifs is 2. The van der Waals surface area contributed by atoms with Gasteiger partial charge in [0.25, 0.3) is 0 Å². The third-order valence-corrected chi connectivity index (χ3v) is 3.90. The fraction of sp³-hybridized carbons (Fsp3) is 0. The first-order chi connectivity index (χ1) is 13.4. The van der Waals surface area contributed by atoms with Crippen molar-refractivity contribution >= 4 is 39.2 Å². The van der Waals surface area contributed by atoms with E-state index in [0.29, 0.717) is 11.0 Å². The number of carbonyl (C=O) groups excluding carboxylic acids is 1.